The van der Waals surface area contributed by atoms with Gasteiger partial charge in [-0.1, -0.05) is 23.7 Å². The van der Waals surface area contributed by atoms with Crippen molar-refractivity contribution in [2.24, 2.45) is 0 Å². The molecule has 1 N–H and O–H groups in total. The van der Waals surface area contributed by atoms with E-state index in [4.69, 9.17) is 21.1 Å². The number of halogens is 2. The van der Waals surface area contributed by atoms with Gasteiger partial charge in [-0.05, 0) is 49.7 Å². The fourth-order valence-electron chi connectivity index (χ4n) is 1.96. The Kier molecular flexibility index (Phi) is 6.36. The van der Waals surface area contributed by atoms with Gasteiger partial charge in [-0.2, -0.15) is 0 Å². The number of amides is 1. The number of ether oxygens (including phenoxy) is 2. The SMILES string of the molecule is Cc1cccc(OCC(=O)O[C@@H](C)C(=O)Nc2ccc(F)cc2Cl)c1. The molecule has 0 radical (unpaired) electrons. The number of carbonyl (C=O) groups excluding carboxylic acids is 2. The highest BCUT2D eigenvalue weighted by Gasteiger charge is 2.19. The Hall–Kier alpha value is -2.60. The van der Waals surface area contributed by atoms with Crippen LogP contribution in [0.15, 0.2) is 42.5 Å². The van der Waals surface area contributed by atoms with E-state index >= 15 is 0 Å². The van der Waals surface area contributed by atoms with Gasteiger partial charge in [0, 0.05) is 0 Å². The molecule has 0 saturated carbocycles. The van der Waals surface area contributed by atoms with E-state index in [1.165, 1.54) is 13.0 Å². The maximum atomic E-state index is 13.0. The second kappa shape index (κ2) is 8.48. The summed E-state index contributed by atoms with van der Waals surface area (Å²) in [5.41, 5.74) is 1.22. The number of anilines is 1. The molecule has 0 aliphatic rings. The quantitative estimate of drug-likeness (QED) is 0.792. The Morgan fingerprint density at radius 1 is 1.24 bits per heavy atom. The molecular formula is C18H17ClFNO4. The predicted octanol–water partition coefficient (Wildman–Crippen LogP) is 3.74. The van der Waals surface area contributed by atoms with E-state index < -0.39 is 23.8 Å². The Labute approximate surface area is 149 Å². The van der Waals surface area contributed by atoms with Crippen molar-refractivity contribution in [3.05, 3.63) is 58.9 Å². The molecule has 0 unspecified atom stereocenters. The summed E-state index contributed by atoms with van der Waals surface area (Å²) in [4.78, 5) is 23.8. The topological polar surface area (TPSA) is 64.6 Å². The van der Waals surface area contributed by atoms with Crippen molar-refractivity contribution in [3.8, 4) is 5.75 Å². The number of nitrogens with one attached hydrogen (secondary N) is 1. The number of carbonyl (C=O) groups is 2. The Bertz CT molecular complexity index is 781. The van der Waals surface area contributed by atoms with Crippen LogP contribution in [0.4, 0.5) is 10.1 Å². The summed E-state index contributed by atoms with van der Waals surface area (Å²) in [6.45, 7) is 2.99. The first kappa shape index (κ1) is 18.7. The van der Waals surface area contributed by atoms with Gasteiger partial charge in [-0.3, -0.25) is 4.79 Å². The van der Waals surface area contributed by atoms with Gasteiger partial charge in [0.15, 0.2) is 12.7 Å². The highest BCUT2D eigenvalue weighted by atomic mass is 35.5. The van der Waals surface area contributed by atoms with Crippen LogP contribution >= 0.6 is 11.6 Å². The standard InChI is InChI=1S/C18H17ClFNO4/c1-11-4-3-5-14(8-11)24-10-17(22)25-12(2)18(23)21-16-7-6-13(20)9-15(16)19/h3-9,12H,10H2,1-2H3,(H,21,23)/t12-/m0/s1. The molecule has 25 heavy (non-hydrogen) atoms. The summed E-state index contributed by atoms with van der Waals surface area (Å²) in [6, 6.07) is 10.8. The monoisotopic (exact) mass is 365 g/mol. The van der Waals surface area contributed by atoms with Crippen LogP contribution < -0.4 is 10.1 Å². The molecule has 0 saturated heterocycles. The highest BCUT2D eigenvalue weighted by molar-refractivity contribution is 6.33. The summed E-state index contributed by atoms with van der Waals surface area (Å²) >= 11 is 5.83. The van der Waals surface area contributed by atoms with Gasteiger partial charge >= 0.3 is 5.97 Å². The highest BCUT2D eigenvalue weighted by Crippen LogP contribution is 2.22. The summed E-state index contributed by atoms with van der Waals surface area (Å²) in [5, 5.41) is 2.52. The molecule has 0 fully saturated rings. The third-order valence-electron chi connectivity index (χ3n) is 3.21. The van der Waals surface area contributed by atoms with Crippen LogP contribution in [0.2, 0.25) is 5.02 Å². The lowest BCUT2D eigenvalue weighted by molar-refractivity contribution is -0.155. The minimum Gasteiger partial charge on any atom is -0.482 e. The maximum absolute atomic E-state index is 13.0. The van der Waals surface area contributed by atoms with Crippen molar-refractivity contribution >= 4 is 29.2 Å². The van der Waals surface area contributed by atoms with Crippen molar-refractivity contribution in [2.45, 2.75) is 20.0 Å². The van der Waals surface area contributed by atoms with E-state index in [-0.39, 0.29) is 17.3 Å². The second-order valence-corrected chi connectivity index (χ2v) is 5.76. The predicted molar refractivity (Wildman–Crippen MR) is 92.3 cm³/mol. The summed E-state index contributed by atoms with van der Waals surface area (Å²) in [7, 11) is 0. The van der Waals surface area contributed by atoms with Gasteiger partial charge in [0.1, 0.15) is 11.6 Å². The molecule has 0 bridgehead atoms. The van der Waals surface area contributed by atoms with Gasteiger partial charge in [0.05, 0.1) is 10.7 Å². The Balaban J connectivity index is 1.84. The van der Waals surface area contributed by atoms with E-state index in [1.807, 2.05) is 13.0 Å². The first-order valence-electron chi connectivity index (χ1n) is 7.50. The lowest BCUT2D eigenvalue weighted by atomic mass is 10.2. The van der Waals surface area contributed by atoms with Crippen LogP contribution in [0.5, 0.6) is 5.75 Å². The molecule has 1 atom stereocenters. The molecule has 0 aromatic heterocycles. The van der Waals surface area contributed by atoms with E-state index in [0.29, 0.717) is 5.75 Å². The molecule has 0 aliphatic heterocycles. The second-order valence-electron chi connectivity index (χ2n) is 5.35. The number of benzene rings is 2. The van der Waals surface area contributed by atoms with Gasteiger partial charge < -0.3 is 14.8 Å². The van der Waals surface area contributed by atoms with Crippen molar-refractivity contribution in [1.82, 2.24) is 0 Å². The third-order valence-corrected chi connectivity index (χ3v) is 3.53. The molecule has 132 valence electrons. The van der Waals surface area contributed by atoms with Crippen molar-refractivity contribution < 1.29 is 23.5 Å². The normalized spacial score (nSPS) is 11.5. The average Bonchev–Trinajstić information content (AvgIpc) is 2.55. The fraction of sp³-hybridized carbons (Fsp3) is 0.222. The minimum atomic E-state index is -1.06. The van der Waals surface area contributed by atoms with Gasteiger partial charge in [-0.15, -0.1) is 0 Å². The largest absolute Gasteiger partial charge is 0.482 e. The number of rotatable bonds is 6. The fourth-order valence-corrected chi connectivity index (χ4v) is 2.17. The number of esters is 1. The van der Waals surface area contributed by atoms with Crippen LogP contribution in [0, 0.1) is 12.7 Å². The van der Waals surface area contributed by atoms with Crippen molar-refractivity contribution in [3.63, 3.8) is 0 Å². The van der Waals surface area contributed by atoms with Crippen molar-refractivity contribution in [2.75, 3.05) is 11.9 Å². The van der Waals surface area contributed by atoms with Crippen molar-refractivity contribution in [1.29, 1.82) is 0 Å². The molecule has 7 heteroatoms. The molecule has 2 aromatic rings. The molecule has 0 spiro atoms. The first-order valence-corrected chi connectivity index (χ1v) is 7.88. The molecule has 0 aliphatic carbocycles. The summed E-state index contributed by atoms with van der Waals surface area (Å²) < 4.78 is 23.3. The van der Waals surface area contributed by atoms with Crippen LogP contribution in [-0.4, -0.2) is 24.6 Å². The Morgan fingerprint density at radius 2 is 2.00 bits per heavy atom. The minimum absolute atomic E-state index is 0.0506. The molecule has 2 rings (SSSR count). The third kappa shape index (κ3) is 5.76. The zero-order valence-corrected chi connectivity index (χ0v) is 14.5. The van der Waals surface area contributed by atoms with Crippen LogP contribution in [-0.2, 0) is 14.3 Å². The maximum Gasteiger partial charge on any atom is 0.344 e. The molecule has 0 heterocycles. The number of hydrogen-bond acceptors (Lipinski definition) is 4. The van der Waals surface area contributed by atoms with Crippen LogP contribution in [0.1, 0.15) is 12.5 Å². The smallest absolute Gasteiger partial charge is 0.344 e. The van der Waals surface area contributed by atoms with Crippen LogP contribution in [0.3, 0.4) is 0 Å². The van der Waals surface area contributed by atoms with Gasteiger partial charge in [0.2, 0.25) is 0 Å². The lowest BCUT2D eigenvalue weighted by Crippen LogP contribution is -2.31. The zero-order chi connectivity index (χ0) is 18.4. The van der Waals surface area contributed by atoms with E-state index in [2.05, 4.69) is 5.32 Å². The number of aryl methyl sites for hydroxylation is 1. The van der Waals surface area contributed by atoms with E-state index in [9.17, 15) is 14.0 Å². The van der Waals surface area contributed by atoms with E-state index in [1.54, 1.807) is 18.2 Å². The average molecular weight is 366 g/mol. The molecular weight excluding hydrogens is 349 g/mol. The first-order chi connectivity index (χ1) is 11.8. The van der Waals surface area contributed by atoms with Gasteiger partial charge in [0.25, 0.3) is 5.91 Å². The molecule has 2 aromatic carbocycles. The zero-order valence-electron chi connectivity index (χ0n) is 13.7. The lowest BCUT2D eigenvalue weighted by Gasteiger charge is -2.14. The van der Waals surface area contributed by atoms with E-state index in [0.717, 1.165) is 17.7 Å². The molecule has 1 amide bonds. The van der Waals surface area contributed by atoms with Gasteiger partial charge in [-0.25, -0.2) is 9.18 Å². The number of hydrogen-bond donors (Lipinski definition) is 1. The molecule has 5 nitrogen and oxygen atoms in total. The van der Waals surface area contributed by atoms with Crippen LogP contribution in [0.25, 0.3) is 0 Å². The summed E-state index contributed by atoms with van der Waals surface area (Å²) in [6.07, 6.45) is -1.06. The summed E-state index contributed by atoms with van der Waals surface area (Å²) in [5.74, 6) is -1.25. The Morgan fingerprint density at radius 3 is 2.68 bits per heavy atom.